The lowest BCUT2D eigenvalue weighted by Crippen LogP contribution is -2.49. The highest BCUT2D eigenvalue weighted by atomic mass is 32.2. The fourth-order valence-corrected chi connectivity index (χ4v) is 5.15. The van der Waals surface area contributed by atoms with Crippen LogP contribution in [0.25, 0.3) is 0 Å². The van der Waals surface area contributed by atoms with Crippen molar-refractivity contribution in [2.75, 3.05) is 30.8 Å². The molecular formula is C28H38F3N3O5S. The number of amides is 2. The SMILES string of the molecule is CCCCNC(=O)[C@@H](CC)N(Cc1ccc(OC)cc1)C(=O)CCCN(c1cccc(C(F)(F)F)c1)S(C)(=O)=O. The third-order valence-corrected chi connectivity index (χ3v) is 7.54. The van der Waals surface area contributed by atoms with Crippen molar-refractivity contribution in [3.63, 3.8) is 0 Å². The van der Waals surface area contributed by atoms with Crippen LogP contribution in [-0.2, 0) is 32.3 Å². The minimum absolute atomic E-state index is 0.0369. The highest BCUT2D eigenvalue weighted by molar-refractivity contribution is 7.92. The molecule has 0 heterocycles. The summed E-state index contributed by atoms with van der Waals surface area (Å²) >= 11 is 0. The molecule has 1 atom stereocenters. The van der Waals surface area contributed by atoms with E-state index in [-0.39, 0.29) is 43.4 Å². The van der Waals surface area contributed by atoms with E-state index in [0.717, 1.165) is 47.2 Å². The molecule has 8 nitrogen and oxygen atoms in total. The van der Waals surface area contributed by atoms with Crippen molar-refractivity contribution in [3.8, 4) is 5.75 Å². The molecule has 2 aromatic carbocycles. The third kappa shape index (κ3) is 9.72. The first-order valence-corrected chi connectivity index (χ1v) is 15.0. The third-order valence-electron chi connectivity index (χ3n) is 6.34. The maximum atomic E-state index is 13.5. The number of nitrogens with one attached hydrogen (secondary N) is 1. The number of halogens is 3. The van der Waals surface area contributed by atoms with Gasteiger partial charge in [0.25, 0.3) is 0 Å². The molecule has 12 heteroatoms. The van der Waals surface area contributed by atoms with Gasteiger partial charge in [0.15, 0.2) is 0 Å². The molecule has 0 aliphatic carbocycles. The fourth-order valence-electron chi connectivity index (χ4n) is 4.19. The van der Waals surface area contributed by atoms with Gasteiger partial charge in [-0.1, -0.05) is 38.5 Å². The van der Waals surface area contributed by atoms with E-state index < -0.39 is 27.8 Å². The molecule has 0 aliphatic heterocycles. The van der Waals surface area contributed by atoms with Crippen LogP contribution < -0.4 is 14.4 Å². The summed E-state index contributed by atoms with van der Waals surface area (Å²) in [5.41, 5.74) is -0.336. The van der Waals surface area contributed by atoms with Crippen LogP contribution in [0.1, 0.15) is 57.1 Å². The van der Waals surface area contributed by atoms with Gasteiger partial charge >= 0.3 is 6.18 Å². The molecule has 0 fully saturated rings. The molecule has 0 saturated heterocycles. The van der Waals surface area contributed by atoms with Gasteiger partial charge in [0, 0.05) is 26.1 Å². The highest BCUT2D eigenvalue weighted by Gasteiger charge is 2.32. The van der Waals surface area contributed by atoms with Crippen molar-refractivity contribution in [3.05, 3.63) is 59.7 Å². The average Bonchev–Trinajstić information content (AvgIpc) is 2.90. The molecule has 0 aromatic heterocycles. The van der Waals surface area contributed by atoms with E-state index in [2.05, 4.69) is 5.32 Å². The minimum atomic E-state index is -4.63. The Morgan fingerprint density at radius 2 is 1.73 bits per heavy atom. The number of rotatable bonds is 15. The summed E-state index contributed by atoms with van der Waals surface area (Å²) in [5.74, 6) is -0.00761. The van der Waals surface area contributed by atoms with Gasteiger partial charge in [-0.25, -0.2) is 8.42 Å². The second-order valence-electron chi connectivity index (χ2n) is 9.43. The lowest BCUT2D eigenvalue weighted by Gasteiger charge is -2.31. The number of hydrogen-bond acceptors (Lipinski definition) is 5. The van der Waals surface area contributed by atoms with Crippen LogP contribution in [-0.4, -0.2) is 57.6 Å². The molecule has 2 rings (SSSR count). The van der Waals surface area contributed by atoms with Crippen LogP contribution in [0.4, 0.5) is 18.9 Å². The fraction of sp³-hybridized carbons (Fsp3) is 0.500. The van der Waals surface area contributed by atoms with Crippen LogP contribution in [0, 0.1) is 0 Å². The summed E-state index contributed by atoms with van der Waals surface area (Å²) < 4.78 is 70.6. The van der Waals surface area contributed by atoms with Gasteiger partial charge in [-0.3, -0.25) is 13.9 Å². The van der Waals surface area contributed by atoms with Gasteiger partial charge in [0.1, 0.15) is 11.8 Å². The van der Waals surface area contributed by atoms with Crippen LogP contribution >= 0.6 is 0 Å². The largest absolute Gasteiger partial charge is 0.497 e. The predicted octanol–water partition coefficient (Wildman–Crippen LogP) is 4.98. The lowest BCUT2D eigenvalue weighted by atomic mass is 10.1. The number of unbranched alkanes of at least 4 members (excludes halogenated alkanes) is 1. The van der Waals surface area contributed by atoms with Crippen LogP contribution in [0.2, 0.25) is 0 Å². The normalized spacial score (nSPS) is 12.5. The van der Waals surface area contributed by atoms with E-state index in [4.69, 9.17) is 4.74 Å². The number of sulfonamides is 1. The number of carbonyl (C=O) groups excluding carboxylic acids is 2. The van der Waals surface area contributed by atoms with E-state index in [1.165, 1.54) is 18.1 Å². The molecular weight excluding hydrogens is 547 g/mol. The Morgan fingerprint density at radius 3 is 2.27 bits per heavy atom. The smallest absolute Gasteiger partial charge is 0.416 e. The first-order valence-electron chi connectivity index (χ1n) is 13.2. The first-order chi connectivity index (χ1) is 18.8. The molecule has 1 N–H and O–H groups in total. The Labute approximate surface area is 234 Å². The molecule has 222 valence electrons. The number of anilines is 1. The Kier molecular flexibility index (Phi) is 12.3. The summed E-state index contributed by atoms with van der Waals surface area (Å²) in [7, 11) is -2.40. The van der Waals surface area contributed by atoms with Crippen molar-refractivity contribution >= 4 is 27.5 Å². The second-order valence-corrected chi connectivity index (χ2v) is 11.3. The Morgan fingerprint density at radius 1 is 1.05 bits per heavy atom. The molecule has 0 bridgehead atoms. The van der Waals surface area contributed by atoms with Crippen LogP contribution in [0.3, 0.4) is 0 Å². The first kappa shape index (κ1) is 32.9. The molecule has 0 unspecified atom stereocenters. The molecule has 2 amide bonds. The molecule has 40 heavy (non-hydrogen) atoms. The zero-order chi connectivity index (χ0) is 29.9. The number of ether oxygens (including phenoxy) is 1. The Hall–Kier alpha value is -3.28. The number of methoxy groups -OCH3 is 1. The van der Waals surface area contributed by atoms with E-state index in [0.29, 0.717) is 18.7 Å². The summed E-state index contributed by atoms with van der Waals surface area (Å²) in [6.07, 6.45) is -1.75. The standard InChI is InChI=1S/C28H38F3N3O5S/c1-5-7-17-32-27(36)25(6-2)33(20-21-13-15-24(39-3)16-14-21)26(35)12-9-18-34(40(4,37)38)23-11-8-10-22(19-23)28(29,30)31/h8,10-11,13-16,19,25H,5-7,9,12,17-18,20H2,1-4H3,(H,32,36)/t25-/m1/s1. The number of hydrogen-bond donors (Lipinski definition) is 1. The quantitative estimate of drug-likeness (QED) is 0.298. The van der Waals surface area contributed by atoms with Crippen LogP contribution in [0.5, 0.6) is 5.75 Å². The van der Waals surface area contributed by atoms with Gasteiger partial charge in [-0.05, 0) is 55.2 Å². The summed E-state index contributed by atoms with van der Waals surface area (Å²) in [6, 6.07) is 10.4. The summed E-state index contributed by atoms with van der Waals surface area (Å²) in [4.78, 5) is 27.9. The summed E-state index contributed by atoms with van der Waals surface area (Å²) in [5, 5.41) is 2.87. The highest BCUT2D eigenvalue weighted by Crippen LogP contribution is 2.32. The second kappa shape index (κ2) is 14.9. The van der Waals surface area contributed by atoms with E-state index in [1.807, 2.05) is 6.92 Å². The number of carbonyl (C=O) groups is 2. The van der Waals surface area contributed by atoms with Crippen molar-refractivity contribution in [1.29, 1.82) is 0 Å². The van der Waals surface area contributed by atoms with E-state index >= 15 is 0 Å². The van der Waals surface area contributed by atoms with E-state index in [1.54, 1.807) is 31.2 Å². The minimum Gasteiger partial charge on any atom is -0.497 e. The van der Waals surface area contributed by atoms with Crippen molar-refractivity contribution in [1.82, 2.24) is 10.2 Å². The Bertz CT molecular complexity index is 1220. The zero-order valence-corrected chi connectivity index (χ0v) is 24.1. The topological polar surface area (TPSA) is 96.0 Å². The van der Waals surface area contributed by atoms with Crippen molar-refractivity contribution in [2.45, 2.75) is 64.7 Å². The lowest BCUT2D eigenvalue weighted by molar-refractivity contribution is -0.141. The number of alkyl halides is 3. The number of benzene rings is 2. The van der Waals surface area contributed by atoms with E-state index in [9.17, 15) is 31.2 Å². The van der Waals surface area contributed by atoms with Crippen LogP contribution in [0.15, 0.2) is 48.5 Å². The van der Waals surface area contributed by atoms with Gasteiger partial charge in [0.05, 0.1) is 24.6 Å². The Balaban J connectivity index is 2.24. The van der Waals surface area contributed by atoms with Gasteiger partial charge in [-0.2, -0.15) is 13.2 Å². The predicted molar refractivity (Wildman–Crippen MR) is 148 cm³/mol. The number of nitrogens with zero attached hydrogens (tertiary/aromatic N) is 2. The molecule has 0 aliphatic rings. The zero-order valence-electron chi connectivity index (χ0n) is 23.3. The molecule has 0 saturated carbocycles. The summed E-state index contributed by atoms with van der Waals surface area (Å²) in [6.45, 7) is 4.23. The maximum absolute atomic E-state index is 13.5. The van der Waals surface area contributed by atoms with Crippen molar-refractivity contribution in [2.24, 2.45) is 0 Å². The van der Waals surface area contributed by atoms with Gasteiger partial charge in [-0.15, -0.1) is 0 Å². The monoisotopic (exact) mass is 585 g/mol. The average molecular weight is 586 g/mol. The molecule has 0 spiro atoms. The maximum Gasteiger partial charge on any atom is 0.416 e. The molecule has 0 radical (unpaired) electrons. The van der Waals surface area contributed by atoms with Gasteiger partial charge in [0.2, 0.25) is 21.8 Å². The van der Waals surface area contributed by atoms with Gasteiger partial charge < -0.3 is 15.0 Å². The molecule has 2 aromatic rings. The van der Waals surface area contributed by atoms with Crippen molar-refractivity contribution < 1.29 is 35.9 Å².